The Balaban J connectivity index is 3.17. The van der Waals surface area contributed by atoms with Gasteiger partial charge in [0.1, 0.15) is 23.2 Å². The predicted molar refractivity (Wildman–Crippen MR) is 54.6 cm³/mol. The highest BCUT2D eigenvalue weighted by Crippen LogP contribution is 2.30. The Kier molecular flexibility index (Phi) is 3.64. The summed E-state index contributed by atoms with van der Waals surface area (Å²) in [7, 11) is 0. The summed E-state index contributed by atoms with van der Waals surface area (Å²) in [4.78, 5) is 0. The summed E-state index contributed by atoms with van der Waals surface area (Å²) < 4.78 is 13.1. The molecular formula is C11H13FN2O. The van der Waals surface area contributed by atoms with Gasteiger partial charge in [-0.2, -0.15) is 5.26 Å². The molecule has 0 bridgehead atoms. The summed E-state index contributed by atoms with van der Waals surface area (Å²) in [5.74, 6) is -1.05. The molecule has 0 spiro atoms. The van der Waals surface area contributed by atoms with Gasteiger partial charge in [-0.25, -0.2) is 4.39 Å². The van der Waals surface area contributed by atoms with E-state index in [1.165, 1.54) is 6.07 Å². The van der Waals surface area contributed by atoms with Crippen molar-refractivity contribution >= 4 is 0 Å². The van der Waals surface area contributed by atoms with Gasteiger partial charge in [-0.1, -0.05) is 19.4 Å². The van der Waals surface area contributed by atoms with Gasteiger partial charge in [0.15, 0.2) is 0 Å². The lowest BCUT2D eigenvalue weighted by atomic mass is 9.99. The van der Waals surface area contributed by atoms with Gasteiger partial charge in [-0.15, -0.1) is 0 Å². The van der Waals surface area contributed by atoms with Crippen LogP contribution in [-0.4, -0.2) is 5.11 Å². The van der Waals surface area contributed by atoms with E-state index in [0.29, 0.717) is 12.0 Å². The molecule has 0 aliphatic rings. The molecule has 80 valence electrons. The molecule has 0 saturated heterocycles. The number of halogens is 1. The van der Waals surface area contributed by atoms with Crippen LogP contribution in [0.3, 0.4) is 0 Å². The molecule has 3 N–H and O–H groups in total. The first-order valence-electron chi connectivity index (χ1n) is 4.78. The monoisotopic (exact) mass is 208 g/mol. The Morgan fingerprint density at radius 1 is 1.60 bits per heavy atom. The van der Waals surface area contributed by atoms with Gasteiger partial charge in [0.2, 0.25) is 0 Å². The molecular weight excluding hydrogens is 195 g/mol. The Morgan fingerprint density at radius 2 is 2.27 bits per heavy atom. The Labute approximate surface area is 87.9 Å². The van der Waals surface area contributed by atoms with Gasteiger partial charge in [-0.3, -0.25) is 0 Å². The second-order valence-electron chi connectivity index (χ2n) is 3.37. The van der Waals surface area contributed by atoms with Crippen LogP contribution in [0.2, 0.25) is 0 Å². The van der Waals surface area contributed by atoms with Crippen LogP contribution in [0.5, 0.6) is 5.75 Å². The maximum atomic E-state index is 13.1. The van der Waals surface area contributed by atoms with Crippen molar-refractivity contribution in [3.8, 4) is 11.8 Å². The number of nitriles is 1. The minimum Gasteiger partial charge on any atom is -0.506 e. The minimum atomic E-state index is -0.720. The second-order valence-corrected chi connectivity index (χ2v) is 3.37. The van der Waals surface area contributed by atoms with E-state index >= 15 is 0 Å². The lowest BCUT2D eigenvalue weighted by Crippen LogP contribution is -2.10. The van der Waals surface area contributed by atoms with Crippen LogP contribution in [0, 0.1) is 17.1 Å². The molecule has 1 rings (SSSR count). The van der Waals surface area contributed by atoms with Crippen molar-refractivity contribution in [1.29, 1.82) is 5.26 Å². The van der Waals surface area contributed by atoms with Crippen LogP contribution in [0.15, 0.2) is 12.1 Å². The summed E-state index contributed by atoms with van der Waals surface area (Å²) in [5.41, 5.74) is 5.88. The standard InChI is InChI=1S/C11H13FN2O/c1-2-3-10(14)7-4-5-9(12)8(6-13)11(7)15/h4-5,10,15H,2-3,14H2,1H3/t10-/m0/s1. The van der Waals surface area contributed by atoms with Crippen molar-refractivity contribution < 1.29 is 9.50 Å². The molecule has 0 unspecified atom stereocenters. The second kappa shape index (κ2) is 4.76. The van der Waals surface area contributed by atoms with Gasteiger partial charge in [0.25, 0.3) is 0 Å². The average Bonchev–Trinajstić information content (AvgIpc) is 2.18. The molecule has 1 aromatic carbocycles. The van der Waals surface area contributed by atoms with Crippen molar-refractivity contribution in [2.24, 2.45) is 5.73 Å². The van der Waals surface area contributed by atoms with Crippen molar-refractivity contribution in [2.45, 2.75) is 25.8 Å². The first-order chi connectivity index (χ1) is 7.11. The number of nitrogens with zero attached hydrogens (tertiary/aromatic N) is 1. The number of nitrogens with two attached hydrogens (primary N) is 1. The number of hydrogen-bond acceptors (Lipinski definition) is 3. The number of aromatic hydroxyl groups is 1. The number of rotatable bonds is 3. The first-order valence-corrected chi connectivity index (χ1v) is 4.78. The maximum Gasteiger partial charge on any atom is 0.144 e. The van der Waals surface area contributed by atoms with Crippen molar-refractivity contribution in [2.75, 3.05) is 0 Å². The third-order valence-electron chi connectivity index (χ3n) is 2.27. The molecule has 0 radical (unpaired) electrons. The zero-order valence-corrected chi connectivity index (χ0v) is 8.50. The highest BCUT2D eigenvalue weighted by atomic mass is 19.1. The van der Waals surface area contributed by atoms with Gasteiger partial charge in [0, 0.05) is 11.6 Å². The van der Waals surface area contributed by atoms with Crippen LogP contribution >= 0.6 is 0 Å². The smallest absolute Gasteiger partial charge is 0.144 e. The molecule has 0 saturated carbocycles. The molecule has 0 aliphatic carbocycles. The zero-order chi connectivity index (χ0) is 11.4. The molecule has 0 fully saturated rings. The van der Waals surface area contributed by atoms with Crippen LogP contribution in [0.4, 0.5) is 4.39 Å². The van der Waals surface area contributed by atoms with Crippen LogP contribution in [0.1, 0.15) is 36.9 Å². The SMILES string of the molecule is CCC[C@H](N)c1ccc(F)c(C#N)c1O. The fourth-order valence-electron chi connectivity index (χ4n) is 1.45. The summed E-state index contributed by atoms with van der Waals surface area (Å²) in [6, 6.07) is 3.84. The van der Waals surface area contributed by atoms with Crippen LogP contribution in [-0.2, 0) is 0 Å². The molecule has 3 nitrogen and oxygen atoms in total. The van der Waals surface area contributed by atoms with E-state index in [0.717, 1.165) is 12.5 Å². The van der Waals surface area contributed by atoms with Gasteiger partial charge in [0.05, 0.1) is 0 Å². The first kappa shape index (κ1) is 11.5. The average molecular weight is 208 g/mol. The van der Waals surface area contributed by atoms with Crippen molar-refractivity contribution in [3.63, 3.8) is 0 Å². The van der Waals surface area contributed by atoms with Gasteiger partial charge in [-0.05, 0) is 12.5 Å². The topological polar surface area (TPSA) is 70.0 Å². The van der Waals surface area contributed by atoms with E-state index in [1.807, 2.05) is 6.92 Å². The molecule has 1 atom stereocenters. The normalized spacial score (nSPS) is 12.1. The zero-order valence-electron chi connectivity index (χ0n) is 8.50. The minimum absolute atomic E-state index is 0.334. The van der Waals surface area contributed by atoms with Gasteiger partial charge < -0.3 is 10.8 Å². The van der Waals surface area contributed by atoms with E-state index in [4.69, 9.17) is 11.0 Å². The highest BCUT2D eigenvalue weighted by Gasteiger charge is 2.16. The highest BCUT2D eigenvalue weighted by molar-refractivity contribution is 5.49. The molecule has 0 amide bonds. The number of benzene rings is 1. The fourth-order valence-corrected chi connectivity index (χ4v) is 1.45. The third kappa shape index (κ3) is 2.25. The summed E-state index contributed by atoms with van der Waals surface area (Å²) in [6.45, 7) is 1.96. The molecule has 0 aliphatic heterocycles. The van der Waals surface area contributed by atoms with Crippen molar-refractivity contribution in [1.82, 2.24) is 0 Å². The summed E-state index contributed by atoms with van der Waals surface area (Å²) in [6.07, 6.45) is 1.55. The van der Waals surface area contributed by atoms with E-state index < -0.39 is 5.82 Å². The largest absolute Gasteiger partial charge is 0.506 e. The van der Waals surface area contributed by atoms with E-state index in [9.17, 15) is 9.50 Å². The molecule has 0 aromatic heterocycles. The van der Waals surface area contributed by atoms with E-state index in [1.54, 1.807) is 6.07 Å². The lowest BCUT2D eigenvalue weighted by molar-refractivity contribution is 0.449. The van der Waals surface area contributed by atoms with Crippen LogP contribution in [0.25, 0.3) is 0 Å². The summed E-state index contributed by atoms with van der Waals surface area (Å²) >= 11 is 0. The molecule has 4 heteroatoms. The number of hydrogen-bond donors (Lipinski definition) is 2. The van der Waals surface area contributed by atoms with Crippen LogP contribution < -0.4 is 5.73 Å². The Bertz CT molecular complexity index is 398. The fraction of sp³-hybridized carbons (Fsp3) is 0.364. The maximum absolute atomic E-state index is 13.1. The Hall–Kier alpha value is -1.60. The van der Waals surface area contributed by atoms with Gasteiger partial charge >= 0.3 is 0 Å². The number of phenolic OH excluding ortho intramolecular Hbond substituents is 1. The van der Waals surface area contributed by atoms with Crippen molar-refractivity contribution in [3.05, 3.63) is 29.1 Å². The quantitative estimate of drug-likeness (QED) is 0.800. The van der Waals surface area contributed by atoms with E-state index in [-0.39, 0.29) is 17.4 Å². The third-order valence-corrected chi connectivity index (χ3v) is 2.27. The summed E-state index contributed by atoms with van der Waals surface area (Å²) in [5, 5.41) is 18.3. The molecule has 1 aromatic rings. The number of phenols is 1. The van der Waals surface area contributed by atoms with E-state index in [2.05, 4.69) is 0 Å². The predicted octanol–water partition coefficient (Wildman–Crippen LogP) is 2.20. The Morgan fingerprint density at radius 3 is 2.80 bits per heavy atom. The lowest BCUT2D eigenvalue weighted by Gasteiger charge is -2.13. The molecule has 0 heterocycles. The molecule has 15 heavy (non-hydrogen) atoms.